The zero-order valence-corrected chi connectivity index (χ0v) is 16.0. The van der Waals surface area contributed by atoms with Gasteiger partial charge in [-0.15, -0.1) is 0 Å². The largest absolute Gasteiger partial charge is 0.508 e. The molecule has 2 atom stereocenters. The molecule has 4 rings (SSSR count). The second kappa shape index (κ2) is 7.59. The summed E-state index contributed by atoms with van der Waals surface area (Å²) in [6.07, 6.45) is 3.14. The van der Waals surface area contributed by atoms with Crippen molar-refractivity contribution in [3.8, 4) is 17.2 Å². The Hall–Kier alpha value is -2.94. The Labute approximate surface area is 165 Å². The minimum Gasteiger partial charge on any atom is -0.508 e. The molecule has 1 fully saturated rings. The summed E-state index contributed by atoms with van der Waals surface area (Å²) in [5, 5.41) is 29.2. The van der Waals surface area contributed by atoms with Gasteiger partial charge >= 0.3 is 0 Å². The van der Waals surface area contributed by atoms with Crippen molar-refractivity contribution in [2.24, 2.45) is 0 Å². The Kier molecular flexibility index (Phi) is 4.99. The standard InChI is InChI=1S/C25H26O3/c1-16-12-19(6-11-25(16)28)22-14-20(17-2-7-23(26)8-3-17)13-21(15-22)18-4-9-24(27)10-5-18/h2-12,20-22,26-28H,13-15H2,1H3. The molecule has 1 aliphatic carbocycles. The number of rotatable bonds is 3. The summed E-state index contributed by atoms with van der Waals surface area (Å²) in [6, 6.07) is 21.1. The first-order valence-electron chi connectivity index (χ1n) is 9.87. The summed E-state index contributed by atoms with van der Waals surface area (Å²) in [5.41, 5.74) is 4.68. The molecule has 0 spiro atoms. The third-order valence-corrected chi connectivity index (χ3v) is 6.13. The van der Waals surface area contributed by atoms with Gasteiger partial charge in [0.1, 0.15) is 17.2 Å². The molecule has 3 aromatic carbocycles. The van der Waals surface area contributed by atoms with Crippen LogP contribution in [0.15, 0.2) is 66.7 Å². The lowest BCUT2D eigenvalue weighted by Crippen LogP contribution is -2.19. The Morgan fingerprint density at radius 1 is 0.571 bits per heavy atom. The molecule has 0 radical (unpaired) electrons. The van der Waals surface area contributed by atoms with Crippen LogP contribution in [0, 0.1) is 6.92 Å². The molecule has 3 N–H and O–H groups in total. The van der Waals surface area contributed by atoms with Crippen LogP contribution in [0.2, 0.25) is 0 Å². The second-order valence-electron chi connectivity index (χ2n) is 8.03. The van der Waals surface area contributed by atoms with E-state index in [1.807, 2.05) is 37.3 Å². The first-order chi connectivity index (χ1) is 13.5. The maximum Gasteiger partial charge on any atom is 0.118 e. The summed E-state index contributed by atoms with van der Waals surface area (Å²) in [5.74, 6) is 2.11. The summed E-state index contributed by atoms with van der Waals surface area (Å²) in [6.45, 7) is 1.94. The third-order valence-electron chi connectivity index (χ3n) is 6.13. The quantitative estimate of drug-likeness (QED) is 0.531. The van der Waals surface area contributed by atoms with E-state index < -0.39 is 0 Å². The Balaban J connectivity index is 1.68. The van der Waals surface area contributed by atoms with E-state index in [1.54, 1.807) is 30.3 Å². The van der Waals surface area contributed by atoms with Crippen molar-refractivity contribution in [1.29, 1.82) is 0 Å². The molecule has 0 amide bonds. The summed E-state index contributed by atoms with van der Waals surface area (Å²) < 4.78 is 0. The van der Waals surface area contributed by atoms with E-state index in [0.29, 0.717) is 35.0 Å². The smallest absolute Gasteiger partial charge is 0.118 e. The predicted molar refractivity (Wildman–Crippen MR) is 111 cm³/mol. The fourth-order valence-electron chi connectivity index (χ4n) is 4.56. The molecule has 0 saturated heterocycles. The number of phenolic OH excluding ortho intramolecular Hbond substituents is 3. The molecular formula is C25H26O3. The van der Waals surface area contributed by atoms with E-state index in [-0.39, 0.29) is 0 Å². The van der Waals surface area contributed by atoms with Gasteiger partial charge < -0.3 is 15.3 Å². The van der Waals surface area contributed by atoms with Crippen molar-refractivity contribution in [1.82, 2.24) is 0 Å². The average molecular weight is 374 g/mol. The van der Waals surface area contributed by atoms with Crippen molar-refractivity contribution < 1.29 is 15.3 Å². The summed E-state index contributed by atoms with van der Waals surface area (Å²) >= 11 is 0. The minimum absolute atomic E-state index is 0.292. The molecule has 2 unspecified atom stereocenters. The van der Waals surface area contributed by atoms with Crippen LogP contribution in [-0.4, -0.2) is 15.3 Å². The van der Waals surface area contributed by atoms with Gasteiger partial charge in [0.25, 0.3) is 0 Å². The number of phenols is 3. The van der Waals surface area contributed by atoms with Crippen molar-refractivity contribution >= 4 is 0 Å². The lowest BCUT2D eigenvalue weighted by molar-refractivity contribution is 0.350. The number of benzene rings is 3. The highest BCUT2D eigenvalue weighted by Gasteiger charge is 2.31. The molecule has 3 nitrogen and oxygen atoms in total. The van der Waals surface area contributed by atoms with Gasteiger partial charge in [-0.25, -0.2) is 0 Å². The van der Waals surface area contributed by atoms with E-state index >= 15 is 0 Å². The third kappa shape index (κ3) is 3.84. The fraction of sp³-hybridized carbons (Fsp3) is 0.280. The highest BCUT2D eigenvalue weighted by molar-refractivity contribution is 5.39. The molecule has 1 saturated carbocycles. The summed E-state index contributed by atoms with van der Waals surface area (Å²) in [4.78, 5) is 0. The molecule has 0 aliphatic heterocycles. The number of hydrogen-bond donors (Lipinski definition) is 3. The van der Waals surface area contributed by atoms with Crippen LogP contribution >= 0.6 is 0 Å². The molecule has 1 aliphatic rings. The van der Waals surface area contributed by atoms with Crippen LogP contribution in [0.1, 0.15) is 59.3 Å². The first kappa shape index (κ1) is 18.4. The fourth-order valence-corrected chi connectivity index (χ4v) is 4.56. The van der Waals surface area contributed by atoms with E-state index in [9.17, 15) is 15.3 Å². The average Bonchev–Trinajstić information content (AvgIpc) is 2.71. The van der Waals surface area contributed by atoms with Crippen molar-refractivity contribution in [2.45, 2.75) is 43.9 Å². The van der Waals surface area contributed by atoms with E-state index in [2.05, 4.69) is 6.07 Å². The van der Waals surface area contributed by atoms with Crippen molar-refractivity contribution in [2.75, 3.05) is 0 Å². The highest BCUT2D eigenvalue weighted by atomic mass is 16.3. The zero-order chi connectivity index (χ0) is 19.7. The van der Waals surface area contributed by atoms with Gasteiger partial charge in [-0.2, -0.15) is 0 Å². The SMILES string of the molecule is Cc1cc(C2CC(c3ccc(O)cc3)CC(c3ccc(O)cc3)C2)ccc1O. The number of hydrogen-bond acceptors (Lipinski definition) is 3. The minimum atomic E-state index is 0.292. The van der Waals surface area contributed by atoms with Gasteiger partial charge in [-0.3, -0.25) is 0 Å². The normalized spacial score (nSPS) is 22.1. The van der Waals surface area contributed by atoms with Gasteiger partial charge in [0.2, 0.25) is 0 Å². The van der Waals surface area contributed by atoms with Gasteiger partial charge in [0.15, 0.2) is 0 Å². The van der Waals surface area contributed by atoms with Gasteiger partial charge in [0.05, 0.1) is 0 Å². The van der Waals surface area contributed by atoms with E-state index in [1.165, 1.54) is 16.7 Å². The van der Waals surface area contributed by atoms with Crippen LogP contribution in [0.3, 0.4) is 0 Å². The summed E-state index contributed by atoms with van der Waals surface area (Å²) in [7, 11) is 0. The Bertz CT molecular complexity index is 891. The topological polar surface area (TPSA) is 60.7 Å². The molecule has 28 heavy (non-hydrogen) atoms. The van der Waals surface area contributed by atoms with Crippen molar-refractivity contribution in [3.63, 3.8) is 0 Å². The van der Waals surface area contributed by atoms with Gasteiger partial charge in [-0.05, 0) is 96.5 Å². The zero-order valence-electron chi connectivity index (χ0n) is 16.0. The second-order valence-corrected chi connectivity index (χ2v) is 8.03. The lowest BCUT2D eigenvalue weighted by atomic mass is 9.68. The molecular weight excluding hydrogens is 348 g/mol. The van der Waals surface area contributed by atoms with E-state index in [0.717, 1.165) is 24.8 Å². The van der Waals surface area contributed by atoms with Crippen LogP contribution in [0.25, 0.3) is 0 Å². The monoisotopic (exact) mass is 374 g/mol. The van der Waals surface area contributed by atoms with Gasteiger partial charge in [-0.1, -0.05) is 36.4 Å². The van der Waals surface area contributed by atoms with Crippen LogP contribution in [-0.2, 0) is 0 Å². The van der Waals surface area contributed by atoms with Gasteiger partial charge in [0, 0.05) is 0 Å². The van der Waals surface area contributed by atoms with Crippen molar-refractivity contribution in [3.05, 3.63) is 89.0 Å². The highest BCUT2D eigenvalue weighted by Crippen LogP contribution is 2.48. The molecule has 3 aromatic rings. The first-order valence-corrected chi connectivity index (χ1v) is 9.87. The lowest BCUT2D eigenvalue weighted by Gasteiger charge is -2.36. The van der Waals surface area contributed by atoms with E-state index in [4.69, 9.17) is 0 Å². The van der Waals surface area contributed by atoms with Crippen LogP contribution < -0.4 is 0 Å². The molecule has 0 heterocycles. The molecule has 0 aromatic heterocycles. The Morgan fingerprint density at radius 2 is 0.964 bits per heavy atom. The molecule has 3 heteroatoms. The number of aromatic hydroxyl groups is 3. The Morgan fingerprint density at radius 3 is 1.39 bits per heavy atom. The van der Waals surface area contributed by atoms with Crippen LogP contribution in [0.5, 0.6) is 17.2 Å². The molecule has 144 valence electrons. The number of aryl methyl sites for hydroxylation is 1. The van der Waals surface area contributed by atoms with Crippen LogP contribution in [0.4, 0.5) is 0 Å². The predicted octanol–water partition coefficient (Wildman–Crippen LogP) is 5.95. The maximum absolute atomic E-state index is 9.91. The maximum atomic E-state index is 9.91. The molecule has 0 bridgehead atoms.